The lowest BCUT2D eigenvalue weighted by Crippen LogP contribution is -2.49. The number of carbonyl (C=O) groups excluding carboxylic acids is 1. The molecule has 6 nitrogen and oxygen atoms in total. The molecule has 1 saturated heterocycles. The first-order valence-electron chi connectivity index (χ1n) is 8.48. The molecule has 0 bridgehead atoms. The van der Waals surface area contributed by atoms with Crippen molar-refractivity contribution in [2.24, 2.45) is 0 Å². The number of amides is 2. The van der Waals surface area contributed by atoms with E-state index in [9.17, 15) is 13.2 Å². The molecule has 0 radical (unpaired) electrons. The SMILES string of the molecule is CCCS(=O)(=O)NC1CCN(C(=O)NCc2ccc(C)cc2)CC1. The Morgan fingerprint density at radius 3 is 2.42 bits per heavy atom. The van der Waals surface area contributed by atoms with Gasteiger partial charge < -0.3 is 10.2 Å². The molecule has 2 rings (SSSR count). The third-order valence-corrected chi connectivity index (χ3v) is 5.80. The zero-order chi connectivity index (χ0) is 17.6. The Morgan fingerprint density at radius 2 is 1.83 bits per heavy atom. The van der Waals surface area contributed by atoms with Crippen molar-refractivity contribution in [1.82, 2.24) is 14.9 Å². The number of carbonyl (C=O) groups is 1. The minimum absolute atomic E-state index is 0.0669. The van der Waals surface area contributed by atoms with Crippen LogP contribution in [-0.2, 0) is 16.6 Å². The minimum Gasteiger partial charge on any atom is -0.334 e. The summed E-state index contributed by atoms with van der Waals surface area (Å²) in [6.45, 7) is 5.52. The summed E-state index contributed by atoms with van der Waals surface area (Å²) in [6.07, 6.45) is 1.91. The summed E-state index contributed by atoms with van der Waals surface area (Å²) in [7, 11) is -3.19. The van der Waals surface area contributed by atoms with E-state index >= 15 is 0 Å². The Kier molecular flexibility index (Phi) is 6.62. The van der Waals surface area contributed by atoms with Gasteiger partial charge in [-0.25, -0.2) is 17.9 Å². The van der Waals surface area contributed by atoms with Gasteiger partial charge in [-0.05, 0) is 31.7 Å². The summed E-state index contributed by atoms with van der Waals surface area (Å²) in [5, 5.41) is 2.92. The summed E-state index contributed by atoms with van der Waals surface area (Å²) in [5.41, 5.74) is 2.26. The molecule has 0 spiro atoms. The molecule has 1 aromatic carbocycles. The highest BCUT2D eigenvalue weighted by atomic mass is 32.2. The lowest BCUT2D eigenvalue weighted by Gasteiger charge is -2.32. The van der Waals surface area contributed by atoms with Crippen molar-refractivity contribution in [3.63, 3.8) is 0 Å². The third-order valence-electron chi connectivity index (χ3n) is 4.17. The number of hydrogen-bond acceptors (Lipinski definition) is 3. The predicted octanol–water partition coefficient (Wildman–Crippen LogP) is 2.00. The van der Waals surface area contributed by atoms with Crippen LogP contribution in [0.1, 0.15) is 37.3 Å². The number of likely N-dealkylation sites (tertiary alicyclic amines) is 1. The fraction of sp³-hybridized carbons (Fsp3) is 0.588. The molecular weight excluding hydrogens is 326 g/mol. The van der Waals surface area contributed by atoms with Crippen LogP contribution in [0, 0.1) is 6.92 Å². The molecule has 1 fully saturated rings. The third kappa shape index (κ3) is 5.79. The highest BCUT2D eigenvalue weighted by molar-refractivity contribution is 7.89. The van der Waals surface area contributed by atoms with Crippen molar-refractivity contribution in [2.45, 2.75) is 45.7 Å². The molecule has 134 valence electrons. The number of hydrogen-bond donors (Lipinski definition) is 2. The van der Waals surface area contributed by atoms with Crippen molar-refractivity contribution in [2.75, 3.05) is 18.8 Å². The molecule has 0 atom stereocenters. The van der Waals surface area contributed by atoms with Crippen molar-refractivity contribution in [3.8, 4) is 0 Å². The number of nitrogens with one attached hydrogen (secondary N) is 2. The van der Waals surface area contributed by atoms with E-state index in [0.29, 0.717) is 38.9 Å². The van der Waals surface area contributed by atoms with Crippen LogP contribution < -0.4 is 10.0 Å². The summed E-state index contributed by atoms with van der Waals surface area (Å²) in [6, 6.07) is 7.90. The number of sulfonamides is 1. The molecular formula is C17H27N3O3S. The van der Waals surface area contributed by atoms with E-state index in [1.54, 1.807) is 4.90 Å². The first kappa shape index (κ1) is 18.7. The number of nitrogens with zero attached hydrogens (tertiary/aromatic N) is 1. The predicted molar refractivity (Wildman–Crippen MR) is 95.2 cm³/mol. The van der Waals surface area contributed by atoms with Crippen LogP contribution in [0.15, 0.2) is 24.3 Å². The zero-order valence-corrected chi connectivity index (χ0v) is 15.2. The fourth-order valence-electron chi connectivity index (χ4n) is 2.78. The first-order valence-corrected chi connectivity index (χ1v) is 10.1. The van der Waals surface area contributed by atoms with Gasteiger partial charge in [0.25, 0.3) is 0 Å². The monoisotopic (exact) mass is 353 g/mol. The van der Waals surface area contributed by atoms with E-state index in [4.69, 9.17) is 0 Å². The molecule has 1 heterocycles. The standard InChI is InChI=1S/C17H27N3O3S/c1-3-12-24(22,23)19-16-8-10-20(11-9-16)17(21)18-13-15-6-4-14(2)5-7-15/h4-7,16,19H,3,8-13H2,1-2H3,(H,18,21). The summed E-state index contributed by atoms with van der Waals surface area (Å²) < 4.78 is 26.3. The largest absolute Gasteiger partial charge is 0.334 e. The van der Waals surface area contributed by atoms with Crippen LogP contribution in [0.25, 0.3) is 0 Å². The van der Waals surface area contributed by atoms with E-state index in [0.717, 1.165) is 5.56 Å². The van der Waals surface area contributed by atoms with Crippen LogP contribution in [0.3, 0.4) is 0 Å². The maximum absolute atomic E-state index is 12.2. The van der Waals surface area contributed by atoms with Crippen LogP contribution in [0.5, 0.6) is 0 Å². The Bertz CT molecular complexity index is 636. The molecule has 1 aromatic rings. The van der Waals surface area contributed by atoms with Crippen molar-refractivity contribution in [3.05, 3.63) is 35.4 Å². The highest BCUT2D eigenvalue weighted by Crippen LogP contribution is 2.12. The average molecular weight is 353 g/mol. The molecule has 0 aromatic heterocycles. The lowest BCUT2D eigenvalue weighted by atomic mass is 10.1. The van der Waals surface area contributed by atoms with Crippen LogP contribution >= 0.6 is 0 Å². The fourth-order valence-corrected chi connectivity index (χ4v) is 4.18. The summed E-state index contributed by atoms with van der Waals surface area (Å²) in [4.78, 5) is 14.0. The van der Waals surface area contributed by atoms with Gasteiger partial charge in [0.05, 0.1) is 5.75 Å². The Morgan fingerprint density at radius 1 is 1.21 bits per heavy atom. The van der Waals surface area contributed by atoms with E-state index < -0.39 is 10.0 Å². The molecule has 1 aliphatic heterocycles. The molecule has 2 amide bonds. The zero-order valence-electron chi connectivity index (χ0n) is 14.4. The molecule has 7 heteroatoms. The lowest BCUT2D eigenvalue weighted by molar-refractivity contribution is 0.179. The van der Waals surface area contributed by atoms with Crippen LogP contribution in [0.2, 0.25) is 0 Å². The second kappa shape index (κ2) is 8.48. The van der Waals surface area contributed by atoms with Crippen LogP contribution in [0.4, 0.5) is 4.79 Å². The second-order valence-corrected chi connectivity index (χ2v) is 8.22. The molecule has 0 aliphatic carbocycles. The maximum Gasteiger partial charge on any atom is 0.317 e. The maximum atomic E-state index is 12.2. The number of urea groups is 1. The molecule has 1 aliphatic rings. The van der Waals surface area contributed by atoms with Gasteiger partial charge in [-0.15, -0.1) is 0 Å². The van der Waals surface area contributed by atoms with E-state index in [2.05, 4.69) is 10.0 Å². The van der Waals surface area contributed by atoms with Crippen molar-refractivity contribution >= 4 is 16.1 Å². The highest BCUT2D eigenvalue weighted by Gasteiger charge is 2.25. The van der Waals surface area contributed by atoms with E-state index in [1.165, 1.54) is 5.56 Å². The quantitative estimate of drug-likeness (QED) is 0.821. The normalized spacial score (nSPS) is 16.2. The van der Waals surface area contributed by atoms with Gasteiger partial charge in [-0.3, -0.25) is 0 Å². The topological polar surface area (TPSA) is 78.5 Å². The number of aryl methyl sites for hydroxylation is 1. The van der Waals surface area contributed by atoms with Gasteiger partial charge in [0.1, 0.15) is 0 Å². The Hall–Kier alpha value is -1.60. The minimum atomic E-state index is -3.19. The van der Waals surface area contributed by atoms with E-state index in [-0.39, 0.29) is 17.8 Å². The van der Waals surface area contributed by atoms with Gasteiger partial charge in [-0.2, -0.15) is 0 Å². The molecule has 24 heavy (non-hydrogen) atoms. The Balaban J connectivity index is 1.75. The van der Waals surface area contributed by atoms with Gasteiger partial charge in [-0.1, -0.05) is 36.8 Å². The smallest absolute Gasteiger partial charge is 0.317 e. The number of benzene rings is 1. The van der Waals surface area contributed by atoms with Crippen molar-refractivity contribution < 1.29 is 13.2 Å². The summed E-state index contributed by atoms with van der Waals surface area (Å²) >= 11 is 0. The number of piperidine rings is 1. The molecule has 0 unspecified atom stereocenters. The second-order valence-electron chi connectivity index (χ2n) is 6.34. The number of rotatable bonds is 6. The van der Waals surface area contributed by atoms with Gasteiger partial charge in [0.15, 0.2) is 0 Å². The average Bonchev–Trinajstić information content (AvgIpc) is 2.54. The molecule has 0 saturated carbocycles. The molecule has 2 N–H and O–H groups in total. The first-order chi connectivity index (χ1) is 11.4. The van der Waals surface area contributed by atoms with Gasteiger partial charge in [0.2, 0.25) is 10.0 Å². The van der Waals surface area contributed by atoms with E-state index in [1.807, 2.05) is 38.1 Å². The van der Waals surface area contributed by atoms with Crippen LogP contribution in [-0.4, -0.2) is 44.2 Å². The summed E-state index contributed by atoms with van der Waals surface area (Å²) in [5.74, 6) is 0.157. The van der Waals surface area contributed by atoms with Gasteiger partial charge >= 0.3 is 6.03 Å². The van der Waals surface area contributed by atoms with Gasteiger partial charge in [0, 0.05) is 25.7 Å². The van der Waals surface area contributed by atoms with Crippen molar-refractivity contribution in [1.29, 1.82) is 0 Å². The Labute approximate surface area is 144 Å².